The fraction of sp³-hybridized carbons (Fsp3) is 1.00. The van der Waals surface area contributed by atoms with E-state index in [4.69, 9.17) is 0 Å². The summed E-state index contributed by atoms with van der Waals surface area (Å²) >= 11 is 0. The molecule has 0 aromatic carbocycles. The summed E-state index contributed by atoms with van der Waals surface area (Å²) < 4.78 is 26.3. The molecule has 0 bridgehead atoms. The van der Waals surface area contributed by atoms with E-state index < -0.39 is 10.2 Å². The minimum absolute atomic E-state index is 0.400. The molecule has 1 unspecified atom stereocenters. The molecule has 1 rings (SSSR count). The molecule has 0 spiro atoms. The molecule has 1 fully saturated rings. The number of hydrogen-bond acceptors (Lipinski definition) is 3. The highest BCUT2D eigenvalue weighted by Crippen LogP contribution is 2.08. The van der Waals surface area contributed by atoms with Crippen LogP contribution in [0.15, 0.2) is 0 Å². The van der Waals surface area contributed by atoms with Crippen molar-refractivity contribution in [2.45, 2.75) is 19.4 Å². The second kappa shape index (κ2) is 4.57. The lowest BCUT2D eigenvalue weighted by Crippen LogP contribution is -2.41. The highest BCUT2D eigenvalue weighted by molar-refractivity contribution is 7.86. The van der Waals surface area contributed by atoms with Crippen molar-refractivity contribution in [2.75, 3.05) is 33.7 Å². The Kier molecular flexibility index (Phi) is 3.88. The van der Waals surface area contributed by atoms with Crippen molar-refractivity contribution in [3.63, 3.8) is 0 Å². The Morgan fingerprint density at radius 2 is 2.00 bits per heavy atom. The highest BCUT2D eigenvalue weighted by atomic mass is 32.2. The van der Waals surface area contributed by atoms with Gasteiger partial charge in [-0.05, 0) is 13.3 Å². The molecule has 0 aromatic rings. The highest BCUT2D eigenvalue weighted by Gasteiger charge is 2.25. The van der Waals surface area contributed by atoms with Crippen LogP contribution in [-0.4, -0.2) is 56.8 Å². The SMILES string of the molecule is CC1CCN(S(=O)(=O)N(C)C)CCN1. The van der Waals surface area contributed by atoms with Gasteiger partial charge in [0, 0.05) is 39.8 Å². The van der Waals surface area contributed by atoms with Gasteiger partial charge in [-0.2, -0.15) is 17.0 Å². The lowest BCUT2D eigenvalue weighted by atomic mass is 10.2. The fourth-order valence-electron chi connectivity index (χ4n) is 1.45. The van der Waals surface area contributed by atoms with Crippen molar-refractivity contribution in [2.24, 2.45) is 0 Å². The minimum atomic E-state index is -3.22. The topological polar surface area (TPSA) is 52.7 Å². The molecule has 1 aliphatic heterocycles. The predicted molar refractivity (Wildman–Crippen MR) is 56.3 cm³/mol. The van der Waals surface area contributed by atoms with Gasteiger partial charge in [0.1, 0.15) is 0 Å². The summed E-state index contributed by atoms with van der Waals surface area (Å²) in [5, 5.41) is 3.26. The van der Waals surface area contributed by atoms with Crippen LogP contribution < -0.4 is 5.32 Å². The molecule has 0 radical (unpaired) electrons. The lowest BCUT2D eigenvalue weighted by Gasteiger charge is -2.23. The van der Waals surface area contributed by atoms with E-state index in [2.05, 4.69) is 12.2 Å². The second-order valence-corrected chi connectivity index (χ2v) is 5.98. The molecule has 0 saturated carbocycles. The van der Waals surface area contributed by atoms with Crippen LogP contribution in [0.1, 0.15) is 13.3 Å². The molecule has 0 aromatic heterocycles. The first-order valence-electron chi connectivity index (χ1n) is 4.85. The third-order valence-electron chi connectivity index (χ3n) is 2.45. The van der Waals surface area contributed by atoms with Gasteiger partial charge in [0.25, 0.3) is 10.2 Å². The van der Waals surface area contributed by atoms with Gasteiger partial charge < -0.3 is 5.32 Å². The number of nitrogens with zero attached hydrogens (tertiary/aromatic N) is 2. The first-order valence-corrected chi connectivity index (χ1v) is 6.25. The van der Waals surface area contributed by atoms with Gasteiger partial charge in [-0.25, -0.2) is 0 Å². The summed E-state index contributed by atoms with van der Waals surface area (Å²) in [4.78, 5) is 0. The van der Waals surface area contributed by atoms with Gasteiger partial charge >= 0.3 is 0 Å². The van der Waals surface area contributed by atoms with E-state index in [0.717, 1.165) is 13.0 Å². The van der Waals surface area contributed by atoms with Crippen LogP contribution >= 0.6 is 0 Å². The molecule has 1 saturated heterocycles. The van der Waals surface area contributed by atoms with Gasteiger partial charge in [-0.3, -0.25) is 0 Å². The monoisotopic (exact) mass is 221 g/mol. The summed E-state index contributed by atoms with van der Waals surface area (Å²) in [6.45, 7) is 3.97. The van der Waals surface area contributed by atoms with Crippen LogP contribution in [0.4, 0.5) is 0 Å². The third kappa shape index (κ3) is 2.66. The largest absolute Gasteiger partial charge is 0.313 e. The van der Waals surface area contributed by atoms with Crippen LogP contribution in [0.25, 0.3) is 0 Å². The average Bonchev–Trinajstić information content (AvgIpc) is 2.29. The van der Waals surface area contributed by atoms with E-state index in [1.165, 1.54) is 8.61 Å². The van der Waals surface area contributed by atoms with E-state index in [1.54, 1.807) is 14.1 Å². The lowest BCUT2D eigenvalue weighted by molar-refractivity contribution is 0.388. The van der Waals surface area contributed by atoms with Gasteiger partial charge in [-0.15, -0.1) is 0 Å². The zero-order valence-electron chi connectivity index (χ0n) is 9.02. The molecule has 84 valence electrons. The molecular weight excluding hydrogens is 202 g/mol. The zero-order valence-corrected chi connectivity index (χ0v) is 9.84. The van der Waals surface area contributed by atoms with E-state index in [9.17, 15) is 8.42 Å². The van der Waals surface area contributed by atoms with Crippen molar-refractivity contribution in [3.05, 3.63) is 0 Å². The van der Waals surface area contributed by atoms with Crippen LogP contribution in [-0.2, 0) is 10.2 Å². The van der Waals surface area contributed by atoms with Gasteiger partial charge in [-0.1, -0.05) is 0 Å². The normalized spacial score (nSPS) is 26.4. The Balaban J connectivity index is 2.69. The van der Waals surface area contributed by atoms with Crippen LogP contribution in [0.3, 0.4) is 0 Å². The fourth-order valence-corrected chi connectivity index (χ4v) is 2.57. The molecule has 14 heavy (non-hydrogen) atoms. The van der Waals surface area contributed by atoms with Crippen LogP contribution in [0.5, 0.6) is 0 Å². The van der Waals surface area contributed by atoms with Crippen LogP contribution in [0, 0.1) is 0 Å². The third-order valence-corrected chi connectivity index (χ3v) is 4.39. The maximum atomic E-state index is 11.8. The molecule has 1 atom stereocenters. The molecule has 6 heteroatoms. The molecule has 1 aliphatic rings. The Morgan fingerprint density at radius 1 is 1.36 bits per heavy atom. The van der Waals surface area contributed by atoms with E-state index in [1.807, 2.05) is 0 Å². The Bertz CT molecular complexity index is 276. The van der Waals surface area contributed by atoms with Crippen LogP contribution in [0.2, 0.25) is 0 Å². The molecule has 0 aliphatic carbocycles. The van der Waals surface area contributed by atoms with Crippen molar-refractivity contribution in [3.8, 4) is 0 Å². The Morgan fingerprint density at radius 3 is 2.57 bits per heavy atom. The molecular formula is C8H19N3O2S. The van der Waals surface area contributed by atoms with E-state index in [0.29, 0.717) is 19.1 Å². The van der Waals surface area contributed by atoms with Gasteiger partial charge in [0.05, 0.1) is 0 Å². The van der Waals surface area contributed by atoms with Gasteiger partial charge in [0.15, 0.2) is 0 Å². The number of hydrogen-bond donors (Lipinski definition) is 1. The second-order valence-electron chi connectivity index (χ2n) is 3.83. The van der Waals surface area contributed by atoms with Crippen molar-refractivity contribution >= 4 is 10.2 Å². The van der Waals surface area contributed by atoms with E-state index >= 15 is 0 Å². The van der Waals surface area contributed by atoms with Crippen molar-refractivity contribution < 1.29 is 8.42 Å². The number of rotatable bonds is 2. The predicted octanol–water partition coefficient (Wildman–Crippen LogP) is -0.523. The minimum Gasteiger partial charge on any atom is -0.313 e. The number of nitrogens with one attached hydrogen (secondary N) is 1. The summed E-state index contributed by atoms with van der Waals surface area (Å²) in [5.41, 5.74) is 0. The summed E-state index contributed by atoms with van der Waals surface area (Å²) in [6.07, 6.45) is 0.868. The molecule has 1 heterocycles. The summed E-state index contributed by atoms with van der Waals surface area (Å²) in [6, 6.07) is 0.400. The van der Waals surface area contributed by atoms with Crippen molar-refractivity contribution in [1.29, 1.82) is 0 Å². The zero-order chi connectivity index (χ0) is 10.8. The van der Waals surface area contributed by atoms with Crippen molar-refractivity contribution in [1.82, 2.24) is 13.9 Å². The van der Waals surface area contributed by atoms with E-state index in [-0.39, 0.29) is 0 Å². The standard InChI is InChI=1S/C8H19N3O2S/c1-8-4-6-11(7-5-9-8)14(12,13)10(2)3/h8-9H,4-7H2,1-3H3. The molecule has 1 N–H and O–H groups in total. The maximum Gasteiger partial charge on any atom is 0.281 e. The molecule has 0 amide bonds. The maximum absolute atomic E-state index is 11.8. The smallest absolute Gasteiger partial charge is 0.281 e. The van der Waals surface area contributed by atoms with Gasteiger partial charge in [0.2, 0.25) is 0 Å². The first-order chi connectivity index (χ1) is 6.44. The Labute approximate surface area is 86.3 Å². The Hall–Kier alpha value is -0.170. The summed E-state index contributed by atoms with van der Waals surface area (Å²) in [5.74, 6) is 0. The quantitative estimate of drug-likeness (QED) is 0.682. The average molecular weight is 221 g/mol. The summed E-state index contributed by atoms with van der Waals surface area (Å²) in [7, 11) is -0.0869. The first kappa shape index (κ1) is 11.9. The molecule has 5 nitrogen and oxygen atoms in total.